The third-order valence-electron chi connectivity index (χ3n) is 4.99. The van der Waals surface area contributed by atoms with Gasteiger partial charge in [0.15, 0.2) is 5.96 Å². The molecule has 136 valence electrons. The van der Waals surface area contributed by atoms with E-state index in [1.165, 1.54) is 51.6 Å². The van der Waals surface area contributed by atoms with Gasteiger partial charge in [-0.25, -0.2) is 0 Å². The molecule has 2 rings (SSSR count). The molecule has 3 atom stereocenters. The number of hydrogen-bond acceptors (Lipinski definition) is 3. The van der Waals surface area contributed by atoms with Gasteiger partial charge in [-0.1, -0.05) is 6.92 Å². The highest BCUT2D eigenvalue weighted by Crippen LogP contribution is 2.28. The van der Waals surface area contributed by atoms with Gasteiger partial charge in [0, 0.05) is 23.9 Å². The molecule has 0 spiro atoms. The number of nitrogens with one attached hydrogen (secondary N) is 2. The lowest BCUT2D eigenvalue weighted by Gasteiger charge is -2.25. The molecule has 2 fully saturated rings. The van der Waals surface area contributed by atoms with Gasteiger partial charge in [-0.15, -0.1) is 24.0 Å². The first-order chi connectivity index (χ1) is 10.8. The first-order valence-electron chi connectivity index (χ1n) is 9.08. The molecule has 1 heterocycles. The van der Waals surface area contributed by atoms with Crippen molar-refractivity contribution in [1.82, 2.24) is 15.5 Å². The zero-order chi connectivity index (χ0) is 15.8. The summed E-state index contributed by atoms with van der Waals surface area (Å²) in [6, 6.07) is 1.21. The van der Waals surface area contributed by atoms with E-state index < -0.39 is 0 Å². The Morgan fingerprint density at radius 3 is 2.57 bits per heavy atom. The maximum Gasteiger partial charge on any atom is 0.191 e. The fourth-order valence-corrected chi connectivity index (χ4v) is 4.40. The lowest BCUT2D eigenvalue weighted by atomic mass is 10.2. The van der Waals surface area contributed by atoms with Crippen LogP contribution in [-0.4, -0.2) is 60.6 Å². The number of nitrogens with zero attached hydrogens (tertiary/aromatic N) is 2. The summed E-state index contributed by atoms with van der Waals surface area (Å²) in [6.45, 7) is 8.81. The minimum Gasteiger partial charge on any atom is -0.357 e. The highest BCUT2D eigenvalue weighted by molar-refractivity contribution is 14.0. The maximum absolute atomic E-state index is 4.89. The summed E-state index contributed by atoms with van der Waals surface area (Å²) >= 11 is 2.01. The van der Waals surface area contributed by atoms with Gasteiger partial charge in [0.2, 0.25) is 0 Å². The first-order valence-corrected chi connectivity index (χ1v) is 10.4. The summed E-state index contributed by atoms with van der Waals surface area (Å²) < 4.78 is 0. The fraction of sp³-hybridized carbons (Fsp3) is 0.941. The predicted octanol–water partition coefficient (Wildman–Crippen LogP) is 3.32. The first kappa shape index (κ1) is 21.4. The van der Waals surface area contributed by atoms with Crippen LogP contribution < -0.4 is 10.6 Å². The van der Waals surface area contributed by atoms with E-state index in [0.717, 1.165) is 24.3 Å². The predicted molar refractivity (Wildman–Crippen MR) is 114 cm³/mol. The van der Waals surface area contributed by atoms with Crippen LogP contribution in [0.5, 0.6) is 0 Å². The van der Waals surface area contributed by atoms with Gasteiger partial charge in [-0.05, 0) is 64.8 Å². The van der Waals surface area contributed by atoms with Crippen LogP contribution in [-0.2, 0) is 0 Å². The quantitative estimate of drug-likeness (QED) is 0.352. The monoisotopic (exact) mass is 454 g/mol. The highest BCUT2D eigenvalue weighted by atomic mass is 127. The van der Waals surface area contributed by atoms with Gasteiger partial charge in [0.1, 0.15) is 0 Å². The summed E-state index contributed by atoms with van der Waals surface area (Å²) in [6.07, 6.45) is 10.0. The van der Waals surface area contributed by atoms with Crippen molar-refractivity contribution in [2.45, 2.75) is 69.7 Å². The number of aliphatic imine (C=N–C) groups is 1. The Balaban J connectivity index is 0.00000264. The van der Waals surface area contributed by atoms with Crippen molar-refractivity contribution < 1.29 is 0 Å². The van der Waals surface area contributed by atoms with Crippen molar-refractivity contribution in [2.24, 2.45) is 4.99 Å². The lowest BCUT2D eigenvalue weighted by Crippen LogP contribution is -2.44. The SMILES string of the molecule is CCNC(=NCC(CC)N1CCCC1)NC1CCC(SC)C1.I. The van der Waals surface area contributed by atoms with Gasteiger partial charge in [-0.2, -0.15) is 11.8 Å². The molecular weight excluding hydrogens is 419 g/mol. The highest BCUT2D eigenvalue weighted by Gasteiger charge is 2.25. The van der Waals surface area contributed by atoms with Crippen LogP contribution >= 0.6 is 35.7 Å². The van der Waals surface area contributed by atoms with Crippen LogP contribution in [0.4, 0.5) is 0 Å². The molecule has 4 nitrogen and oxygen atoms in total. The largest absolute Gasteiger partial charge is 0.357 e. The molecule has 1 aliphatic heterocycles. The molecule has 0 aromatic carbocycles. The second-order valence-electron chi connectivity index (χ2n) is 6.54. The van der Waals surface area contributed by atoms with Crippen molar-refractivity contribution in [3.8, 4) is 0 Å². The number of guanidine groups is 1. The van der Waals surface area contributed by atoms with E-state index in [9.17, 15) is 0 Å². The summed E-state index contributed by atoms with van der Waals surface area (Å²) in [7, 11) is 0. The minimum atomic E-state index is 0. The van der Waals surface area contributed by atoms with Crippen LogP contribution in [0.15, 0.2) is 4.99 Å². The second kappa shape index (κ2) is 11.8. The van der Waals surface area contributed by atoms with Gasteiger partial charge in [-0.3, -0.25) is 9.89 Å². The van der Waals surface area contributed by atoms with Crippen molar-refractivity contribution in [2.75, 3.05) is 32.4 Å². The zero-order valence-corrected chi connectivity index (χ0v) is 18.2. The van der Waals surface area contributed by atoms with Crippen LogP contribution in [0.2, 0.25) is 0 Å². The molecule has 23 heavy (non-hydrogen) atoms. The van der Waals surface area contributed by atoms with Crippen LogP contribution in [0.3, 0.4) is 0 Å². The Morgan fingerprint density at radius 1 is 1.26 bits per heavy atom. The number of halogens is 1. The van der Waals surface area contributed by atoms with E-state index >= 15 is 0 Å². The summed E-state index contributed by atoms with van der Waals surface area (Å²) in [4.78, 5) is 7.51. The molecule has 0 amide bonds. The normalized spacial score (nSPS) is 26.8. The fourth-order valence-electron chi connectivity index (χ4n) is 3.60. The molecule has 3 unspecified atom stereocenters. The Morgan fingerprint density at radius 2 is 2.00 bits per heavy atom. The summed E-state index contributed by atoms with van der Waals surface area (Å²) in [5.41, 5.74) is 0. The van der Waals surface area contributed by atoms with E-state index in [0.29, 0.717) is 12.1 Å². The molecular formula is C17H35IN4S. The average Bonchev–Trinajstić information content (AvgIpc) is 3.19. The van der Waals surface area contributed by atoms with Crippen LogP contribution in [0.25, 0.3) is 0 Å². The van der Waals surface area contributed by atoms with E-state index in [4.69, 9.17) is 4.99 Å². The standard InChI is InChI=1S/C17H34N4S.HI/c1-4-15(21-10-6-7-11-21)13-19-17(18-5-2)20-14-8-9-16(12-14)22-3;/h14-16H,4-13H2,1-3H3,(H2,18,19,20);1H. The van der Waals surface area contributed by atoms with Crippen LogP contribution in [0, 0.1) is 0 Å². The maximum atomic E-state index is 4.89. The number of rotatable bonds is 7. The molecule has 1 saturated carbocycles. The molecule has 1 aliphatic carbocycles. The smallest absolute Gasteiger partial charge is 0.191 e. The van der Waals surface area contributed by atoms with Gasteiger partial charge >= 0.3 is 0 Å². The lowest BCUT2D eigenvalue weighted by molar-refractivity contribution is 0.242. The molecule has 1 saturated heterocycles. The number of likely N-dealkylation sites (tertiary alicyclic amines) is 1. The molecule has 0 aromatic rings. The number of hydrogen-bond donors (Lipinski definition) is 2. The Labute approximate surface area is 164 Å². The Hall–Kier alpha value is 0.310. The molecule has 0 aromatic heterocycles. The molecule has 0 radical (unpaired) electrons. The Bertz CT molecular complexity index is 347. The van der Waals surface area contributed by atoms with Gasteiger partial charge in [0.25, 0.3) is 0 Å². The molecule has 2 aliphatic rings. The third-order valence-corrected chi connectivity index (χ3v) is 6.09. The van der Waals surface area contributed by atoms with E-state index in [1.807, 2.05) is 11.8 Å². The zero-order valence-electron chi connectivity index (χ0n) is 15.0. The van der Waals surface area contributed by atoms with Crippen LogP contribution in [0.1, 0.15) is 52.4 Å². The van der Waals surface area contributed by atoms with E-state index in [1.54, 1.807) is 0 Å². The second-order valence-corrected chi connectivity index (χ2v) is 7.67. The van der Waals surface area contributed by atoms with Crippen molar-refractivity contribution in [1.29, 1.82) is 0 Å². The minimum absolute atomic E-state index is 0. The van der Waals surface area contributed by atoms with Gasteiger partial charge < -0.3 is 10.6 Å². The average molecular weight is 454 g/mol. The van der Waals surface area contributed by atoms with E-state index in [2.05, 4.69) is 35.6 Å². The van der Waals surface area contributed by atoms with Gasteiger partial charge in [0.05, 0.1) is 6.54 Å². The Kier molecular flexibility index (Phi) is 10.9. The number of thioether (sulfide) groups is 1. The van der Waals surface area contributed by atoms with Crippen molar-refractivity contribution in [3.63, 3.8) is 0 Å². The molecule has 6 heteroatoms. The molecule has 0 bridgehead atoms. The molecule has 2 N–H and O–H groups in total. The van der Waals surface area contributed by atoms with Crippen molar-refractivity contribution >= 4 is 41.7 Å². The van der Waals surface area contributed by atoms with E-state index in [-0.39, 0.29) is 24.0 Å². The topological polar surface area (TPSA) is 39.7 Å². The third kappa shape index (κ3) is 6.98. The summed E-state index contributed by atoms with van der Waals surface area (Å²) in [5.74, 6) is 1.02. The van der Waals surface area contributed by atoms with Crippen molar-refractivity contribution in [3.05, 3.63) is 0 Å². The summed E-state index contributed by atoms with van der Waals surface area (Å²) in [5, 5.41) is 7.91.